The fraction of sp³-hybridized carbons (Fsp3) is 0.250. The minimum atomic E-state index is -0.509. The fourth-order valence-corrected chi connectivity index (χ4v) is 2.38. The number of anilines is 1. The van der Waals surface area contributed by atoms with Crippen LogP contribution in [0.5, 0.6) is 0 Å². The average Bonchev–Trinajstić information content (AvgIpc) is 2.62. The van der Waals surface area contributed by atoms with Gasteiger partial charge in [-0.15, -0.1) is 0 Å². The van der Waals surface area contributed by atoms with Crippen molar-refractivity contribution in [2.45, 2.75) is 19.9 Å². The number of benzene rings is 1. The lowest BCUT2D eigenvalue weighted by molar-refractivity contribution is 0.560. The first-order valence-electron chi connectivity index (χ1n) is 5.36. The van der Waals surface area contributed by atoms with E-state index >= 15 is 0 Å². The lowest BCUT2D eigenvalue weighted by atomic mass is 10.1. The van der Waals surface area contributed by atoms with Crippen molar-refractivity contribution < 1.29 is 4.39 Å². The molecular weight excluding hydrogens is 276 g/mol. The van der Waals surface area contributed by atoms with E-state index in [9.17, 15) is 4.39 Å². The third-order valence-corrected chi connectivity index (χ3v) is 3.36. The number of aryl methyl sites for hydroxylation is 1. The molecule has 0 saturated heterocycles. The zero-order valence-corrected chi connectivity index (χ0v) is 11.4. The number of hydrogen-bond donors (Lipinski definition) is 1. The van der Waals surface area contributed by atoms with Crippen LogP contribution >= 0.6 is 23.2 Å². The Hall–Kier alpha value is -1.26. The number of nitrogens with two attached hydrogens (primary N) is 1. The van der Waals surface area contributed by atoms with Crippen molar-refractivity contribution in [1.82, 2.24) is 9.78 Å². The predicted molar refractivity (Wildman–Crippen MR) is 71.6 cm³/mol. The molecule has 1 aromatic heterocycles. The third kappa shape index (κ3) is 2.31. The van der Waals surface area contributed by atoms with E-state index in [0.717, 1.165) is 5.69 Å². The quantitative estimate of drug-likeness (QED) is 0.853. The Kier molecular flexibility index (Phi) is 3.50. The molecule has 0 amide bonds. The molecule has 0 saturated carbocycles. The third-order valence-electron chi connectivity index (χ3n) is 2.74. The largest absolute Gasteiger partial charge is 0.384 e. The van der Waals surface area contributed by atoms with Crippen LogP contribution in [0, 0.1) is 12.7 Å². The van der Waals surface area contributed by atoms with Crippen LogP contribution in [0.4, 0.5) is 10.2 Å². The summed E-state index contributed by atoms with van der Waals surface area (Å²) in [5, 5.41) is 4.65. The molecule has 0 bridgehead atoms. The second-order valence-corrected chi connectivity index (χ2v) is 4.93. The number of halogens is 3. The molecule has 3 nitrogen and oxygen atoms in total. The maximum Gasteiger partial charge on any atom is 0.142 e. The van der Waals surface area contributed by atoms with Crippen LogP contribution in [-0.2, 0) is 0 Å². The molecule has 1 unspecified atom stereocenters. The second kappa shape index (κ2) is 4.78. The van der Waals surface area contributed by atoms with Crippen molar-refractivity contribution in [3.05, 3.63) is 45.3 Å². The van der Waals surface area contributed by atoms with Gasteiger partial charge < -0.3 is 5.73 Å². The molecule has 0 aliphatic rings. The van der Waals surface area contributed by atoms with Gasteiger partial charge in [-0.2, -0.15) is 5.10 Å². The number of nitrogens with zero attached hydrogens (tertiary/aromatic N) is 2. The van der Waals surface area contributed by atoms with Crippen LogP contribution in [0.3, 0.4) is 0 Å². The summed E-state index contributed by atoms with van der Waals surface area (Å²) in [6, 6.07) is 4.18. The summed E-state index contributed by atoms with van der Waals surface area (Å²) in [6.45, 7) is 3.68. The topological polar surface area (TPSA) is 43.8 Å². The summed E-state index contributed by atoms with van der Waals surface area (Å²) < 4.78 is 15.1. The highest BCUT2D eigenvalue weighted by Gasteiger charge is 2.17. The van der Waals surface area contributed by atoms with Crippen molar-refractivity contribution in [3.8, 4) is 0 Å². The molecule has 96 valence electrons. The summed E-state index contributed by atoms with van der Waals surface area (Å²) in [6.07, 6.45) is 0. The SMILES string of the molecule is Cc1cc(N)n(C(C)c2cc(F)c(Cl)cc2Cl)n1. The van der Waals surface area contributed by atoms with Gasteiger partial charge in [-0.25, -0.2) is 9.07 Å². The van der Waals surface area contributed by atoms with Gasteiger partial charge in [0.05, 0.1) is 16.8 Å². The van der Waals surface area contributed by atoms with Crippen LogP contribution in [0.15, 0.2) is 18.2 Å². The first-order valence-corrected chi connectivity index (χ1v) is 6.12. The number of aromatic nitrogens is 2. The molecule has 1 atom stereocenters. The standard InChI is InChI=1S/C12H12Cl2FN3/c1-6-3-12(16)18(17-6)7(2)8-4-11(15)10(14)5-9(8)13/h3-5,7H,16H2,1-2H3. The molecule has 0 aliphatic carbocycles. The van der Waals surface area contributed by atoms with E-state index in [0.29, 0.717) is 16.4 Å². The molecule has 2 rings (SSSR count). The molecule has 0 spiro atoms. The summed E-state index contributed by atoms with van der Waals surface area (Å²) in [5.74, 6) is -0.00297. The van der Waals surface area contributed by atoms with Crippen LogP contribution in [0.2, 0.25) is 10.0 Å². The van der Waals surface area contributed by atoms with E-state index in [1.807, 2.05) is 13.8 Å². The molecule has 1 aromatic carbocycles. The lowest BCUT2D eigenvalue weighted by Gasteiger charge is -2.16. The van der Waals surface area contributed by atoms with Gasteiger partial charge in [-0.3, -0.25) is 0 Å². The van der Waals surface area contributed by atoms with E-state index in [4.69, 9.17) is 28.9 Å². The number of hydrogen-bond acceptors (Lipinski definition) is 2. The first-order chi connectivity index (χ1) is 8.40. The monoisotopic (exact) mass is 287 g/mol. The van der Waals surface area contributed by atoms with Gasteiger partial charge in [0.1, 0.15) is 11.6 Å². The molecule has 2 aromatic rings. The van der Waals surface area contributed by atoms with Gasteiger partial charge in [0.15, 0.2) is 0 Å². The smallest absolute Gasteiger partial charge is 0.142 e. The molecule has 0 aliphatic heterocycles. The Balaban J connectivity index is 2.49. The minimum Gasteiger partial charge on any atom is -0.384 e. The van der Waals surface area contributed by atoms with Gasteiger partial charge in [0, 0.05) is 11.1 Å². The maximum absolute atomic E-state index is 13.5. The van der Waals surface area contributed by atoms with Gasteiger partial charge in [-0.1, -0.05) is 23.2 Å². The van der Waals surface area contributed by atoms with E-state index in [1.165, 1.54) is 12.1 Å². The van der Waals surface area contributed by atoms with Gasteiger partial charge in [0.2, 0.25) is 0 Å². The maximum atomic E-state index is 13.5. The number of nitrogen functional groups attached to an aromatic ring is 1. The molecule has 1 heterocycles. The van der Waals surface area contributed by atoms with Crippen molar-refractivity contribution in [2.75, 3.05) is 5.73 Å². The van der Waals surface area contributed by atoms with Gasteiger partial charge in [-0.05, 0) is 31.5 Å². The molecule has 6 heteroatoms. The van der Waals surface area contributed by atoms with Crippen LogP contribution in [0.25, 0.3) is 0 Å². The Morgan fingerprint density at radius 2 is 1.94 bits per heavy atom. The van der Waals surface area contributed by atoms with E-state index in [1.54, 1.807) is 10.7 Å². The Bertz CT molecular complexity index is 595. The Morgan fingerprint density at radius 3 is 2.50 bits per heavy atom. The summed E-state index contributed by atoms with van der Waals surface area (Å²) >= 11 is 11.7. The van der Waals surface area contributed by atoms with E-state index in [-0.39, 0.29) is 11.1 Å². The highest BCUT2D eigenvalue weighted by molar-refractivity contribution is 6.35. The lowest BCUT2D eigenvalue weighted by Crippen LogP contribution is -2.12. The molecule has 18 heavy (non-hydrogen) atoms. The van der Waals surface area contributed by atoms with Crippen LogP contribution in [-0.4, -0.2) is 9.78 Å². The summed E-state index contributed by atoms with van der Waals surface area (Å²) in [7, 11) is 0. The zero-order chi connectivity index (χ0) is 13.4. The van der Waals surface area contributed by atoms with Crippen molar-refractivity contribution >= 4 is 29.0 Å². The average molecular weight is 288 g/mol. The first kappa shape index (κ1) is 13.2. The number of rotatable bonds is 2. The van der Waals surface area contributed by atoms with Crippen molar-refractivity contribution in [2.24, 2.45) is 0 Å². The highest BCUT2D eigenvalue weighted by Crippen LogP contribution is 2.31. The van der Waals surface area contributed by atoms with Crippen molar-refractivity contribution in [1.29, 1.82) is 0 Å². The van der Waals surface area contributed by atoms with Crippen LogP contribution < -0.4 is 5.73 Å². The normalized spacial score (nSPS) is 12.7. The van der Waals surface area contributed by atoms with E-state index < -0.39 is 5.82 Å². The summed E-state index contributed by atoms with van der Waals surface area (Å²) in [4.78, 5) is 0. The minimum absolute atomic E-state index is 0.000526. The summed E-state index contributed by atoms with van der Waals surface area (Å²) in [5.41, 5.74) is 7.22. The Morgan fingerprint density at radius 1 is 1.28 bits per heavy atom. The zero-order valence-electron chi connectivity index (χ0n) is 9.92. The highest BCUT2D eigenvalue weighted by atomic mass is 35.5. The van der Waals surface area contributed by atoms with E-state index in [2.05, 4.69) is 5.10 Å². The van der Waals surface area contributed by atoms with Crippen molar-refractivity contribution in [3.63, 3.8) is 0 Å². The predicted octanol–water partition coefficient (Wildman–Crippen LogP) is 3.83. The van der Waals surface area contributed by atoms with Gasteiger partial charge in [0.25, 0.3) is 0 Å². The Labute approximate surface area is 114 Å². The molecular formula is C12H12Cl2FN3. The second-order valence-electron chi connectivity index (χ2n) is 4.12. The molecule has 2 N–H and O–H groups in total. The van der Waals surface area contributed by atoms with Gasteiger partial charge >= 0.3 is 0 Å². The fourth-order valence-electron chi connectivity index (χ4n) is 1.84. The molecule has 0 radical (unpaired) electrons. The van der Waals surface area contributed by atoms with Crippen LogP contribution in [0.1, 0.15) is 24.2 Å². The molecule has 0 fully saturated rings.